The summed E-state index contributed by atoms with van der Waals surface area (Å²) in [5, 5.41) is 0. The Kier molecular flexibility index (Phi) is 3.92. The molecule has 0 fully saturated rings. The summed E-state index contributed by atoms with van der Waals surface area (Å²) in [5.41, 5.74) is 1.33. The molecular weight excluding hydrogens is 256 g/mol. The third kappa shape index (κ3) is 3.57. The van der Waals surface area contributed by atoms with Gasteiger partial charge < -0.3 is 9.15 Å². The molecular formula is C16H16O4. The number of ketones is 1. The molecule has 104 valence electrons. The van der Waals surface area contributed by atoms with Crippen molar-refractivity contribution in [2.24, 2.45) is 0 Å². The number of hydrogen-bond acceptors (Lipinski definition) is 4. The Morgan fingerprint density at radius 3 is 2.40 bits per heavy atom. The minimum Gasteiger partial charge on any atom is -0.469 e. The van der Waals surface area contributed by atoms with Crippen LogP contribution in [0.5, 0.6) is 0 Å². The van der Waals surface area contributed by atoms with Crippen LogP contribution in [0.1, 0.15) is 35.7 Å². The van der Waals surface area contributed by atoms with Crippen LogP contribution in [0.2, 0.25) is 0 Å². The van der Waals surface area contributed by atoms with E-state index in [2.05, 4.69) is 4.74 Å². The van der Waals surface area contributed by atoms with Gasteiger partial charge in [-0.15, -0.1) is 0 Å². The maximum Gasteiger partial charge on any atom is 0.313 e. The minimum absolute atomic E-state index is 0.0126. The molecule has 0 aliphatic heterocycles. The van der Waals surface area contributed by atoms with Gasteiger partial charge in [-0.25, -0.2) is 0 Å². The Morgan fingerprint density at radius 2 is 1.80 bits per heavy atom. The fourth-order valence-electron chi connectivity index (χ4n) is 1.76. The molecule has 0 amide bonds. The maximum atomic E-state index is 11.2. The molecule has 1 unspecified atom stereocenters. The van der Waals surface area contributed by atoms with Crippen molar-refractivity contribution in [3.05, 3.63) is 59.0 Å². The van der Waals surface area contributed by atoms with Gasteiger partial charge in [0.05, 0.1) is 7.11 Å². The van der Waals surface area contributed by atoms with E-state index in [0.717, 1.165) is 5.56 Å². The summed E-state index contributed by atoms with van der Waals surface area (Å²) in [5.74, 6) is 0.517. The van der Waals surface area contributed by atoms with Crippen molar-refractivity contribution in [1.29, 1.82) is 0 Å². The molecule has 0 bridgehead atoms. The summed E-state index contributed by atoms with van der Waals surface area (Å²) in [6.45, 7) is 1.50. The number of esters is 1. The Labute approximate surface area is 118 Å². The second-order valence-electron chi connectivity index (χ2n) is 4.38. The number of rotatable bonds is 5. The van der Waals surface area contributed by atoms with Crippen LogP contribution in [0.15, 0.2) is 40.8 Å². The van der Waals surface area contributed by atoms with Crippen molar-refractivity contribution in [3.63, 3.8) is 0 Å². The second kappa shape index (κ2) is 6.19. The van der Waals surface area contributed by atoms with Gasteiger partial charge in [-0.05, 0) is 24.6 Å². The number of methoxy groups -OCH3 is 1. The number of Topliss-reactive ketones (excluding diaryl/α,β-unsaturated/α-hetero) is 1. The highest BCUT2D eigenvalue weighted by atomic mass is 16.5. The quantitative estimate of drug-likeness (QED) is 0.621. The normalized spacial score (nSPS) is 12.6. The van der Waals surface area contributed by atoms with E-state index in [4.69, 9.17) is 5.79 Å². The van der Waals surface area contributed by atoms with Crippen molar-refractivity contribution in [2.75, 3.05) is 7.11 Å². The molecule has 2 rings (SSSR count). The van der Waals surface area contributed by atoms with E-state index in [9.17, 15) is 9.59 Å². The first-order valence-corrected chi connectivity index (χ1v) is 6.20. The van der Waals surface area contributed by atoms with Gasteiger partial charge in [-0.2, -0.15) is 0 Å². The first kappa shape index (κ1) is 12.7. The van der Waals surface area contributed by atoms with Crippen LogP contribution < -0.4 is 0 Å². The van der Waals surface area contributed by atoms with Crippen LogP contribution in [0.3, 0.4) is 0 Å². The van der Waals surface area contributed by atoms with Crippen LogP contribution in [0.25, 0.3) is 0 Å². The van der Waals surface area contributed by atoms with Crippen molar-refractivity contribution < 1.29 is 20.1 Å². The van der Waals surface area contributed by atoms with Crippen LogP contribution in [0.4, 0.5) is 0 Å². The molecule has 1 aromatic carbocycles. The molecule has 0 spiro atoms. The molecule has 1 atom stereocenters. The number of ether oxygens (including phenoxy) is 1. The van der Waals surface area contributed by atoms with Gasteiger partial charge in [-0.3, -0.25) is 9.59 Å². The molecule has 20 heavy (non-hydrogen) atoms. The number of carbonyl (C=O) groups excluding carboxylic acids is 2. The molecule has 1 heterocycles. The van der Waals surface area contributed by atoms with E-state index in [1.54, 1.807) is 36.4 Å². The molecule has 0 saturated heterocycles. The van der Waals surface area contributed by atoms with E-state index < -0.39 is 6.40 Å². The number of furan rings is 1. The number of benzene rings is 1. The molecule has 0 radical (unpaired) electrons. The lowest BCUT2D eigenvalue weighted by Gasteiger charge is -2.00. The van der Waals surface area contributed by atoms with Gasteiger partial charge in [0, 0.05) is 13.3 Å². The molecule has 2 aromatic rings. The smallest absolute Gasteiger partial charge is 0.313 e. The van der Waals surface area contributed by atoms with Crippen molar-refractivity contribution in [1.82, 2.24) is 0 Å². The SMILES string of the molecule is [2H]C(c1ccc(C(C)=O)cc1)c1ccc(CC(=O)OC)o1. The summed E-state index contributed by atoms with van der Waals surface area (Å²) in [4.78, 5) is 22.4. The van der Waals surface area contributed by atoms with Gasteiger partial charge in [0.1, 0.15) is 17.9 Å². The van der Waals surface area contributed by atoms with Crippen molar-refractivity contribution >= 4 is 11.8 Å². The third-order valence-electron chi connectivity index (χ3n) is 2.85. The monoisotopic (exact) mass is 273 g/mol. The van der Waals surface area contributed by atoms with Crippen molar-refractivity contribution in [2.45, 2.75) is 19.7 Å². The molecule has 4 nitrogen and oxygen atoms in total. The van der Waals surface area contributed by atoms with Crippen LogP contribution >= 0.6 is 0 Å². The van der Waals surface area contributed by atoms with Gasteiger partial charge in [0.2, 0.25) is 0 Å². The zero-order valence-corrected chi connectivity index (χ0v) is 11.4. The fourth-order valence-corrected chi connectivity index (χ4v) is 1.76. The van der Waals surface area contributed by atoms with E-state index in [0.29, 0.717) is 17.1 Å². The van der Waals surface area contributed by atoms with E-state index >= 15 is 0 Å². The number of carbonyl (C=O) groups is 2. The minimum atomic E-state index is -0.697. The molecule has 0 aliphatic rings. The van der Waals surface area contributed by atoms with Crippen LogP contribution in [-0.4, -0.2) is 18.9 Å². The standard InChI is InChI=1S/C16H16O4/c1-11(17)13-5-3-12(4-6-13)9-14-7-8-15(20-14)10-16(18)19-2/h3-8H,9-10H2,1-2H3/i9D. The molecule has 0 saturated carbocycles. The van der Waals surface area contributed by atoms with Crippen LogP contribution in [0, 0.1) is 0 Å². The molecule has 1 aromatic heterocycles. The average Bonchev–Trinajstić information content (AvgIpc) is 2.94. The average molecular weight is 273 g/mol. The fraction of sp³-hybridized carbons (Fsp3) is 0.250. The van der Waals surface area contributed by atoms with E-state index in [-0.39, 0.29) is 18.2 Å². The zero-order chi connectivity index (χ0) is 15.4. The lowest BCUT2D eigenvalue weighted by Crippen LogP contribution is -2.03. The summed E-state index contributed by atoms with van der Waals surface area (Å²) in [6.07, 6.45) is -0.649. The van der Waals surface area contributed by atoms with Crippen LogP contribution in [-0.2, 0) is 22.3 Å². The predicted molar refractivity (Wildman–Crippen MR) is 73.7 cm³/mol. The van der Waals surface area contributed by atoms with Gasteiger partial charge >= 0.3 is 5.97 Å². The molecule has 0 aliphatic carbocycles. The van der Waals surface area contributed by atoms with Crippen molar-refractivity contribution in [3.8, 4) is 0 Å². The topological polar surface area (TPSA) is 56.5 Å². The van der Waals surface area contributed by atoms with E-state index in [1.165, 1.54) is 14.0 Å². The molecule has 0 N–H and O–H groups in total. The first-order valence-electron chi connectivity index (χ1n) is 6.77. The summed E-state index contributed by atoms with van der Waals surface area (Å²) in [7, 11) is 1.32. The summed E-state index contributed by atoms with van der Waals surface area (Å²) >= 11 is 0. The molecule has 4 heteroatoms. The highest BCUT2D eigenvalue weighted by molar-refractivity contribution is 5.94. The Morgan fingerprint density at radius 1 is 1.15 bits per heavy atom. The maximum absolute atomic E-state index is 11.2. The second-order valence-corrected chi connectivity index (χ2v) is 4.38. The summed E-state index contributed by atoms with van der Waals surface area (Å²) < 4.78 is 18.2. The van der Waals surface area contributed by atoms with Gasteiger partial charge in [0.25, 0.3) is 0 Å². The third-order valence-corrected chi connectivity index (χ3v) is 2.85. The van der Waals surface area contributed by atoms with Gasteiger partial charge in [0.15, 0.2) is 5.78 Å². The Hall–Kier alpha value is -2.36. The largest absolute Gasteiger partial charge is 0.469 e. The first-order chi connectivity index (χ1) is 10.0. The summed E-state index contributed by atoms with van der Waals surface area (Å²) in [6, 6.07) is 10.2. The highest BCUT2D eigenvalue weighted by Gasteiger charge is 2.08. The number of hydrogen-bond donors (Lipinski definition) is 0. The lowest BCUT2D eigenvalue weighted by atomic mass is 10.1. The predicted octanol–water partition coefficient (Wildman–Crippen LogP) is 2.79. The Balaban J connectivity index is 2.14. The zero-order valence-electron chi connectivity index (χ0n) is 12.4. The lowest BCUT2D eigenvalue weighted by molar-refractivity contribution is -0.140. The highest BCUT2D eigenvalue weighted by Crippen LogP contribution is 2.15. The van der Waals surface area contributed by atoms with Gasteiger partial charge in [-0.1, -0.05) is 24.3 Å². The Bertz CT molecular complexity index is 643. The van der Waals surface area contributed by atoms with E-state index in [1.807, 2.05) is 0 Å².